The molecule has 25 heavy (non-hydrogen) atoms. The number of aryl methyl sites for hydroxylation is 1. The Hall–Kier alpha value is -2.53. The van der Waals surface area contributed by atoms with Crippen molar-refractivity contribution in [2.24, 2.45) is 0 Å². The first kappa shape index (κ1) is 16.0. The summed E-state index contributed by atoms with van der Waals surface area (Å²) in [6.45, 7) is 3.70. The summed E-state index contributed by atoms with van der Waals surface area (Å²) in [5.41, 5.74) is 1.69. The molecular formula is C20H21NO4. The summed E-state index contributed by atoms with van der Waals surface area (Å²) in [6, 6.07) is 9.46. The maximum absolute atomic E-state index is 13.2. The molecule has 2 N–H and O–H groups in total. The van der Waals surface area contributed by atoms with Crippen molar-refractivity contribution in [2.75, 3.05) is 19.5 Å². The molecule has 0 saturated heterocycles. The van der Waals surface area contributed by atoms with Gasteiger partial charge in [0.15, 0.2) is 0 Å². The molecule has 4 rings (SSSR count). The number of hydrogen-bond acceptors (Lipinski definition) is 4. The Labute approximate surface area is 146 Å². The first-order valence-electron chi connectivity index (χ1n) is 8.25. The molecule has 1 aliphatic heterocycles. The minimum absolute atomic E-state index is 0.222. The molecule has 2 aromatic carbocycles. The van der Waals surface area contributed by atoms with Gasteiger partial charge in [0.25, 0.3) is 0 Å². The Morgan fingerprint density at radius 1 is 1.16 bits per heavy atom. The molecule has 1 spiro atoms. The number of rotatable bonds is 2. The third-order valence-corrected chi connectivity index (χ3v) is 5.50. The van der Waals surface area contributed by atoms with Crippen LogP contribution in [0.15, 0.2) is 30.3 Å². The van der Waals surface area contributed by atoms with E-state index in [4.69, 9.17) is 9.47 Å². The number of aliphatic hydroxyl groups is 1. The highest BCUT2D eigenvalue weighted by atomic mass is 16.5. The molecule has 0 radical (unpaired) electrons. The third kappa shape index (κ3) is 1.84. The van der Waals surface area contributed by atoms with E-state index in [0.717, 1.165) is 27.9 Å². The van der Waals surface area contributed by atoms with Crippen LogP contribution in [-0.2, 0) is 16.6 Å². The lowest BCUT2D eigenvalue weighted by molar-refractivity contribution is -0.126. The molecule has 2 atom stereocenters. The van der Waals surface area contributed by atoms with Gasteiger partial charge in [-0.1, -0.05) is 17.7 Å². The topological polar surface area (TPSA) is 67.8 Å². The number of ether oxygens (including phenoxy) is 2. The molecule has 0 fully saturated rings. The molecule has 5 nitrogen and oxygen atoms in total. The average Bonchev–Trinajstić information content (AvgIpc) is 2.99. The molecule has 0 saturated carbocycles. The van der Waals surface area contributed by atoms with Crippen LogP contribution in [0.25, 0.3) is 0 Å². The second kappa shape index (κ2) is 4.99. The molecule has 1 aliphatic carbocycles. The van der Waals surface area contributed by atoms with Gasteiger partial charge >= 0.3 is 0 Å². The van der Waals surface area contributed by atoms with Gasteiger partial charge in [0.2, 0.25) is 5.91 Å². The van der Waals surface area contributed by atoms with Crippen LogP contribution in [0.3, 0.4) is 0 Å². The zero-order chi connectivity index (χ0) is 18.0. The number of carbonyl (C=O) groups is 1. The quantitative estimate of drug-likeness (QED) is 0.882. The van der Waals surface area contributed by atoms with Gasteiger partial charge in [0, 0.05) is 23.7 Å². The highest BCUT2D eigenvalue weighted by Crippen LogP contribution is 2.59. The van der Waals surface area contributed by atoms with Crippen molar-refractivity contribution < 1.29 is 19.4 Å². The normalized spacial score (nSPS) is 26.4. The van der Waals surface area contributed by atoms with E-state index in [2.05, 4.69) is 5.32 Å². The predicted octanol–water partition coefficient (Wildman–Crippen LogP) is 2.56. The Kier molecular flexibility index (Phi) is 3.19. The number of nitrogens with one attached hydrogen (secondary N) is 1. The van der Waals surface area contributed by atoms with Crippen molar-refractivity contribution in [3.63, 3.8) is 0 Å². The van der Waals surface area contributed by atoms with E-state index in [1.165, 1.54) is 0 Å². The summed E-state index contributed by atoms with van der Waals surface area (Å²) in [6.07, 6.45) is 0.344. The van der Waals surface area contributed by atoms with Gasteiger partial charge in [-0.15, -0.1) is 0 Å². The van der Waals surface area contributed by atoms with E-state index >= 15 is 0 Å². The van der Waals surface area contributed by atoms with E-state index in [-0.39, 0.29) is 5.91 Å². The van der Waals surface area contributed by atoms with Gasteiger partial charge in [-0.05, 0) is 37.1 Å². The number of hydrogen-bond donors (Lipinski definition) is 2. The Balaban J connectivity index is 2.11. The summed E-state index contributed by atoms with van der Waals surface area (Å²) in [5, 5.41) is 14.3. The number of amides is 1. The smallest absolute Gasteiger partial charge is 0.242 e. The van der Waals surface area contributed by atoms with E-state index in [0.29, 0.717) is 17.9 Å². The van der Waals surface area contributed by atoms with Gasteiger partial charge in [-0.2, -0.15) is 0 Å². The van der Waals surface area contributed by atoms with Gasteiger partial charge in [0.1, 0.15) is 16.9 Å². The molecule has 1 heterocycles. The second-order valence-electron chi connectivity index (χ2n) is 7.07. The molecule has 2 unspecified atom stereocenters. The minimum atomic E-state index is -1.28. The number of fused-ring (bicyclic) bond motifs is 4. The van der Waals surface area contributed by atoms with Crippen LogP contribution in [0.2, 0.25) is 0 Å². The summed E-state index contributed by atoms with van der Waals surface area (Å²) in [5.74, 6) is 0.975. The summed E-state index contributed by atoms with van der Waals surface area (Å²) in [7, 11) is 3.16. The number of anilines is 1. The van der Waals surface area contributed by atoms with E-state index in [9.17, 15) is 9.90 Å². The third-order valence-electron chi connectivity index (χ3n) is 5.50. The van der Waals surface area contributed by atoms with Crippen LogP contribution in [-0.4, -0.2) is 30.8 Å². The maximum Gasteiger partial charge on any atom is 0.242 e. The first-order chi connectivity index (χ1) is 11.8. The maximum atomic E-state index is 13.2. The Bertz CT molecular complexity index is 903. The zero-order valence-corrected chi connectivity index (χ0v) is 14.8. The fraction of sp³-hybridized carbons (Fsp3) is 0.350. The van der Waals surface area contributed by atoms with Crippen LogP contribution >= 0.6 is 0 Å². The molecule has 130 valence electrons. The SMILES string of the molecule is COc1cc2c(c(OC)c1)C1(C(=O)Nc3ccc(C)cc31)C(C)(O)C2. The van der Waals surface area contributed by atoms with Crippen LogP contribution in [0.1, 0.15) is 29.2 Å². The monoisotopic (exact) mass is 339 g/mol. The Morgan fingerprint density at radius 2 is 1.92 bits per heavy atom. The van der Waals surface area contributed by atoms with Crippen molar-refractivity contribution in [3.05, 3.63) is 52.6 Å². The second-order valence-corrected chi connectivity index (χ2v) is 7.07. The predicted molar refractivity (Wildman–Crippen MR) is 94.5 cm³/mol. The van der Waals surface area contributed by atoms with E-state index in [1.807, 2.05) is 31.2 Å². The zero-order valence-electron chi connectivity index (χ0n) is 14.8. The van der Waals surface area contributed by atoms with Gasteiger partial charge < -0.3 is 19.9 Å². The van der Waals surface area contributed by atoms with Gasteiger partial charge in [0.05, 0.1) is 19.8 Å². The van der Waals surface area contributed by atoms with Crippen molar-refractivity contribution >= 4 is 11.6 Å². The summed E-state index contributed by atoms with van der Waals surface area (Å²) >= 11 is 0. The standard InChI is InChI=1S/C20H21NO4/c1-11-5-6-15-14(7-11)20(18(22)21-15)17-12(10-19(20,2)23)8-13(24-3)9-16(17)25-4/h5-9,23H,10H2,1-4H3,(H,21,22). The fourth-order valence-corrected chi connectivity index (χ4v) is 4.46. The van der Waals surface area contributed by atoms with Crippen molar-refractivity contribution in [1.82, 2.24) is 0 Å². The van der Waals surface area contributed by atoms with E-state index in [1.54, 1.807) is 27.2 Å². The molecule has 0 bridgehead atoms. The molecule has 2 aromatic rings. The average molecular weight is 339 g/mol. The van der Waals surface area contributed by atoms with Crippen LogP contribution in [0.5, 0.6) is 11.5 Å². The van der Waals surface area contributed by atoms with E-state index < -0.39 is 11.0 Å². The van der Waals surface area contributed by atoms with Crippen molar-refractivity contribution in [3.8, 4) is 11.5 Å². The molecular weight excluding hydrogens is 318 g/mol. The molecule has 0 aromatic heterocycles. The number of carbonyl (C=O) groups excluding carboxylic acids is 1. The molecule has 5 heteroatoms. The highest BCUT2D eigenvalue weighted by Gasteiger charge is 2.65. The fourth-order valence-electron chi connectivity index (χ4n) is 4.46. The van der Waals surface area contributed by atoms with Crippen LogP contribution in [0, 0.1) is 6.92 Å². The Morgan fingerprint density at radius 3 is 2.60 bits per heavy atom. The summed E-state index contributed by atoms with van der Waals surface area (Å²) in [4.78, 5) is 13.2. The molecule has 2 aliphatic rings. The first-order valence-corrected chi connectivity index (χ1v) is 8.25. The van der Waals surface area contributed by atoms with Crippen molar-refractivity contribution in [1.29, 1.82) is 0 Å². The lowest BCUT2D eigenvalue weighted by Gasteiger charge is -2.36. The molecule has 1 amide bonds. The van der Waals surface area contributed by atoms with Gasteiger partial charge in [-0.3, -0.25) is 4.79 Å². The van der Waals surface area contributed by atoms with Crippen molar-refractivity contribution in [2.45, 2.75) is 31.3 Å². The number of methoxy groups -OCH3 is 2. The number of benzene rings is 2. The highest BCUT2D eigenvalue weighted by molar-refractivity contribution is 6.11. The lowest BCUT2D eigenvalue weighted by Crippen LogP contribution is -2.52. The van der Waals surface area contributed by atoms with Crippen LogP contribution in [0.4, 0.5) is 5.69 Å². The summed E-state index contributed by atoms with van der Waals surface area (Å²) < 4.78 is 11.0. The van der Waals surface area contributed by atoms with Crippen LogP contribution < -0.4 is 14.8 Å². The largest absolute Gasteiger partial charge is 0.497 e. The lowest BCUT2D eigenvalue weighted by atomic mass is 9.68. The van der Waals surface area contributed by atoms with Gasteiger partial charge in [-0.25, -0.2) is 0 Å². The minimum Gasteiger partial charge on any atom is -0.497 e.